The van der Waals surface area contributed by atoms with Gasteiger partial charge in [0.05, 0.1) is 0 Å². The molecule has 0 bridgehead atoms. The van der Waals surface area contributed by atoms with Crippen LogP contribution >= 0.6 is 11.6 Å². The van der Waals surface area contributed by atoms with E-state index < -0.39 is 0 Å². The van der Waals surface area contributed by atoms with Crippen LogP contribution in [0.4, 0.5) is 0 Å². The summed E-state index contributed by atoms with van der Waals surface area (Å²) in [6.07, 6.45) is -0.129. The zero-order chi connectivity index (χ0) is 8.97. The number of rotatable bonds is 4. The number of nitrogens with zero attached hydrogens (tertiary/aromatic N) is 2. The molecule has 0 aliphatic carbocycles. The van der Waals surface area contributed by atoms with E-state index in [9.17, 15) is 0 Å². The fraction of sp³-hybridized carbons (Fsp3) is 0.714. The predicted octanol–water partition coefficient (Wildman–Crippen LogP) is 1.91. The van der Waals surface area contributed by atoms with E-state index in [1.165, 1.54) is 0 Å². The van der Waals surface area contributed by atoms with Gasteiger partial charge in [-0.1, -0.05) is 5.16 Å². The molecule has 0 spiro atoms. The Labute approximate surface area is 75.9 Å². The molecule has 1 rings (SSSR count). The van der Waals surface area contributed by atoms with Gasteiger partial charge in [-0.25, -0.2) is 0 Å². The van der Waals surface area contributed by atoms with Gasteiger partial charge >= 0.3 is 0 Å². The number of hydrogen-bond acceptors (Lipinski definition) is 4. The molecule has 0 aromatic carbocycles. The van der Waals surface area contributed by atoms with Crippen LogP contribution in [0.15, 0.2) is 4.52 Å². The van der Waals surface area contributed by atoms with Crippen molar-refractivity contribution in [1.29, 1.82) is 0 Å². The molecule has 0 saturated heterocycles. The molecule has 1 aromatic heterocycles. The van der Waals surface area contributed by atoms with Crippen LogP contribution in [0.25, 0.3) is 0 Å². The van der Waals surface area contributed by atoms with Crippen LogP contribution in [-0.4, -0.2) is 16.7 Å². The molecule has 0 aliphatic heterocycles. The average molecular weight is 191 g/mol. The summed E-state index contributed by atoms with van der Waals surface area (Å²) in [7, 11) is 0. The fourth-order valence-electron chi connectivity index (χ4n) is 0.812. The van der Waals surface area contributed by atoms with Crippen molar-refractivity contribution < 1.29 is 9.26 Å². The Morgan fingerprint density at radius 2 is 2.42 bits per heavy atom. The van der Waals surface area contributed by atoms with Crippen molar-refractivity contribution in [2.24, 2.45) is 0 Å². The lowest BCUT2D eigenvalue weighted by Crippen LogP contribution is -2.01. The Bertz CT molecular complexity index is 239. The number of aromatic nitrogens is 2. The molecule has 1 atom stereocenters. The normalized spacial score (nSPS) is 13.2. The molecule has 68 valence electrons. The Hall–Kier alpha value is -0.610. The molecule has 0 N–H and O–H groups in total. The third kappa shape index (κ3) is 2.19. The Balaban J connectivity index is 2.61. The second-order valence-corrected chi connectivity index (χ2v) is 2.54. The molecule has 0 amide bonds. The van der Waals surface area contributed by atoms with Crippen LogP contribution in [0.3, 0.4) is 0 Å². The van der Waals surface area contributed by atoms with E-state index in [-0.39, 0.29) is 12.0 Å². The van der Waals surface area contributed by atoms with E-state index in [1.54, 1.807) is 0 Å². The second kappa shape index (κ2) is 4.42. The SMILES string of the molecule is CCOC(C)c1noc(CCl)n1. The minimum absolute atomic E-state index is 0.129. The maximum absolute atomic E-state index is 5.48. The maximum Gasteiger partial charge on any atom is 0.241 e. The topological polar surface area (TPSA) is 48.2 Å². The van der Waals surface area contributed by atoms with Gasteiger partial charge in [0.15, 0.2) is 5.82 Å². The molecule has 1 unspecified atom stereocenters. The van der Waals surface area contributed by atoms with Crippen molar-refractivity contribution in [1.82, 2.24) is 10.1 Å². The average Bonchev–Trinajstić information content (AvgIpc) is 2.52. The van der Waals surface area contributed by atoms with Crippen LogP contribution in [0, 0.1) is 0 Å². The highest BCUT2D eigenvalue weighted by Gasteiger charge is 2.12. The minimum Gasteiger partial charge on any atom is -0.371 e. The minimum atomic E-state index is -0.129. The molecule has 0 fully saturated rings. The summed E-state index contributed by atoms with van der Waals surface area (Å²) in [5.41, 5.74) is 0. The molecular weight excluding hydrogens is 180 g/mol. The van der Waals surface area contributed by atoms with E-state index in [0.29, 0.717) is 18.3 Å². The number of hydrogen-bond donors (Lipinski definition) is 0. The van der Waals surface area contributed by atoms with Gasteiger partial charge in [-0.2, -0.15) is 4.98 Å². The van der Waals surface area contributed by atoms with Crippen LogP contribution in [0.2, 0.25) is 0 Å². The van der Waals surface area contributed by atoms with E-state index in [1.807, 2.05) is 13.8 Å². The Kier molecular flexibility index (Phi) is 3.49. The summed E-state index contributed by atoms with van der Waals surface area (Å²) < 4.78 is 10.1. The van der Waals surface area contributed by atoms with Crippen LogP contribution in [0.1, 0.15) is 31.7 Å². The van der Waals surface area contributed by atoms with Gasteiger partial charge in [0.2, 0.25) is 5.89 Å². The highest BCUT2D eigenvalue weighted by atomic mass is 35.5. The third-order valence-electron chi connectivity index (χ3n) is 1.38. The smallest absolute Gasteiger partial charge is 0.241 e. The van der Waals surface area contributed by atoms with Gasteiger partial charge in [-0.05, 0) is 13.8 Å². The standard InChI is InChI=1S/C7H11ClN2O2/c1-3-11-5(2)7-9-6(4-8)12-10-7/h5H,3-4H2,1-2H3. The molecule has 4 nitrogen and oxygen atoms in total. The molecule has 1 aromatic rings. The van der Waals surface area contributed by atoms with Crippen molar-refractivity contribution in [3.8, 4) is 0 Å². The first-order valence-electron chi connectivity index (χ1n) is 3.78. The first-order valence-corrected chi connectivity index (χ1v) is 4.31. The van der Waals surface area contributed by atoms with E-state index in [2.05, 4.69) is 10.1 Å². The summed E-state index contributed by atoms with van der Waals surface area (Å²) >= 11 is 5.48. The zero-order valence-corrected chi connectivity index (χ0v) is 7.84. The van der Waals surface area contributed by atoms with Gasteiger partial charge in [0.25, 0.3) is 0 Å². The molecular formula is C7H11ClN2O2. The Morgan fingerprint density at radius 1 is 1.67 bits per heavy atom. The Morgan fingerprint density at radius 3 is 2.92 bits per heavy atom. The van der Waals surface area contributed by atoms with E-state index in [0.717, 1.165) is 0 Å². The molecule has 0 radical (unpaired) electrons. The van der Waals surface area contributed by atoms with Crippen LogP contribution in [-0.2, 0) is 10.6 Å². The summed E-state index contributed by atoms with van der Waals surface area (Å²) in [4.78, 5) is 4.01. The number of ether oxygens (including phenoxy) is 1. The highest BCUT2D eigenvalue weighted by Crippen LogP contribution is 2.13. The molecule has 5 heteroatoms. The van der Waals surface area contributed by atoms with Gasteiger partial charge in [-0.15, -0.1) is 11.6 Å². The van der Waals surface area contributed by atoms with Crippen molar-refractivity contribution in [3.05, 3.63) is 11.7 Å². The largest absolute Gasteiger partial charge is 0.371 e. The first-order chi connectivity index (χ1) is 5.77. The summed E-state index contributed by atoms with van der Waals surface area (Å²) in [6.45, 7) is 4.41. The molecule has 0 saturated carbocycles. The maximum atomic E-state index is 5.48. The van der Waals surface area contributed by atoms with Crippen molar-refractivity contribution in [2.75, 3.05) is 6.61 Å². The third-order valence-corrected chi connectivity index (χ3v) is 1.61. The predicted molar refractivity (Wildman–Crippen MR) is 43.9 cm³/mol. The summed E-state index contributed by atoms with van der Waals surface area (Å²) in [6, 6.07) is 0. The van der Waals surface area contributed by atoms with Gasteiger partial charge in [0, 0.05) is 6.61 Å². The number of alkyl halides is 1. The van der Waals surface area contributed by atoms with Crippen molar-refractivity contribution >= 4 is 11.6 Å². The zero-order valence-electron chi connectivity index (χ0n) is 7.08. The van der Waals surface area contributed by atoms with Crippen LogP contribution in [0.5, 0.6) is 0 Å². The van der Waals surface area contributed by atoms with E-state index >= 15 is 0 Å². The number of halogens is 1. The summed E-state index contributed by atoms with van der Waals surface area (Å²) in [5, 5.41) is 3.71. The lowest BCUT2D eigenvalue weighted by molar-refractivity contribution is 0.0683. The van der Waals surface area contributed by atoms with E-state index in [4.69, 9.17) is 20.9 Å². The lowest BCUT2D eigenvalue weighted by Gasteiger charge is -2.04. The van der Waals surface area contributed by atoms with Crippen molar-refractivity contribution in [3.63, 3.8) is 0 Å². The monoisotopic (exact) mass is 190 g/mol. The van der Waals surface area contributed by atoms with Gasteiger partial charge in [-0.3, -0.25) is 0 Å². The summed E-state index contributed by atoms with van der Waals surface area (Å²) in [5.74, 6) is 1.22. The molecule has 0 aliphatic rings. The molecule has 1 heterocycles. The lowest BCUT2D eigenvalue weighted by atomic mass is 10.4. The molecule has 12 heavy (non-hydrogen) atoms. The quantitative estimate of drug-likeness (QED) is 0.681. The van der Waals surface area contributed by atoms with Crippen LogP contribution < -0.4 is 0 Å². The fourth-order valence-corrected chi connectivity index (χ4v) is 0.921. The van der Waals surface area contributed by atoms with Gasteiger partial charge < -0.3 is 9.26 Å². The second-order valence-electron chi connectivity index (χ2n) is 2.28. The highest BCUT2D eigenvalue weighted by molar-refractivity contribution is 6.16. The van der Waals surface area contributed by atoms with Crippen molar-refractivity contribution in [2.45, 2.75) is 25.8 Å². The van der Waals surface area contributed by atoms with Gasteiger partial charge in [0.1, 0.15) is 12.0 Å². The first kappa shape index (κ1) is 9.48.